The second-order valence-electron chi connectivity index (χ2n) is 4.51. The van der Waals surface area contributed by atoms with Gasteiger partial charge < -0.3 is 15.7 Å². The average Bonchev–Trinajstić information content (AvgIpc) is 2.42. The van der Waals surface area contributed by atoms with E-state index in [1.807, 2.05) is 18.2 Å². The van der Waals surface area contributed by atoms with Gasteiger partial charge in [-0.15, -0.1) is 0 Å². The van der Waals surface area contributed by atoms with E-state index >= 15 is 0 Å². The van der Waals surface area contributed by atoms with Crippen LogP contribution in [-0.4, -0.2) is 16.9 Å². The Balaban J connectivity index is 2.01. The van der Waals surface area contributed by atoms with Gasteiger partial charge in [-0.3, -0.25) is 9.59 Å². The predicted molar refractivity (Wildman–Crippen MR) is 77.7 cm³/mol. The van der Waals surface area contributed by atoms with Gasteiger partial charge in [0.2, 0.25) is 12.5 Å². The van der Waals surface area contributed by atoms with Crippen LogP contribution in [0.3, 0.4) is 0 Å². The number of amides is 2. The van der Waals surface area contributed by atoms with Gasteiger partial charge in [0.25, 0.3) is 5.91 Å². The van der Waals surface area contributed by atoms with Crippen LogP contribution in [0.1, 0.15) is 6.92 Å². The molecular weight excluding hydrogens is 270 g/mol. The van der Waals surface area contributed by atoms with E-state index in [1.165, 1.54) is 19.1 Å². The van der Waals surface area contributed by atoms with Crippen molar-refractivity contribution in [2.45, 2.75) is 13.5 Å². The predicted octanol–water partition coefficient (Wildman–Crippen LogP) is 1.28. The number of hydrogen-bond donors (Lipinski definition) is 3. The largest absolute Gasteiger partial charge is 0.506 e. The van der Waals surface area contributed by atoms with Crippen molar-refractivity contribution in [1.29, 1.82) is 0 Å². The van der Waals surface area contributed by atoms with Gasteiger partial charge in [0.15, 0.2) is 12.4 Å². The second kappa shape index (κ2) is 6.51. The van der Waals surface area contributed by atoms with Crippen molar-refractivity contribution < 1.29 is 19.3 Å². The van der Waals surface area contributed by atoms with E-state index in [4.69, 9.17) is 0 Å². The molecule has 0 radical (unpaired) electrons. The van der Waals surface area contributed by atoms with Crippen LogP contribution in [0, 0.1) is 0 Å². The number of nitrogens with zero attached hydrogens (tertiary/aromatic N) is 1. The van der Waals surface area contributed by atoms with Crippen LogP contribution in [0.5, 0.6) is 5.75 Å². The van der Waals surface area contributed by atoms with Crippen LogP contribution in [0.15, 0.2) is 48.8 Å². The van der Waals surface area contributed by atoms with Crippen molar-refractivity contribution in [2.75, 3.05) is 10.6 Å². The maximum absolute atomic E-state index is 11.9. The van der Waals surface area contributed by atoms with Crippen LogP contribution in [0.2, 0.25) is 0 Å². The molecule has 2 amide bonds. The molecule has 0 spiro atoms. The standard InChI is InChI=1S/C15H15N3O3/c1-11(19)16-13-6-5-12(9-14(13)20)17-15(21)10-18-7-3-2-4-8-18/h2-9H,10H2,1H3,(H2-,16,17,19,20,21)/p+1. The van der Waals surface area contributed by atoms with Crippen LogP contribution in [-0.2, 0) is 16.1 Å². The Hall–Kier alpha value is -2.89. The van der Waals surface area contributed by atoms with Crippen LogP contribution < -0.4 is 15.2 Å². The lowest BCUT2D eigenvalue weighted by Gasteiger charge is -2.08. The number of carbonyl (C=O) groups excluding carboxylic acids is 2. The zero-order valence-electron chi connectivity index (χ0n) is 11.5. The van der Waals surface area contributed by atoms with E-state index in [2.05, 4.69) is 10.6 Å². The topological polar surface area (TPSA) is 82.3 Å². The lowest BCUT2D eigenvalue weighted by molar-refractivity contribution is -0.684. The molecule has 108 valence electrons. The van der Waals surface area contributed by atoms with Crippen LogP contribution in [0.25, 0.3) is 0 Å². The summed E-state index contributed by atoms with van der Waals surface area (Å²) in [6.45, 7) is 1.53. The average molecular weight is 286 g/mol. The Labute approximate surface area is 122 Å². The molecule has 6 nitrogen and oxygen atoms in total. The van der Waals surface area contributed by atoms with E-state index < -0.39 is 0 Å². The summed E-state index contributed by atoms with van der Waals surface area (Å²) < 4.78 is 1.74. The fourth-order valence-corrected chi connectivity index (χ4v) is 1.81. The first kappa shape index (κ1) is 14.5. The Kier molecular flexibility index (Phi) is 4.50. The van der Waals surface area contributed by atoms with Gasteiger partial charge >= 0.3 is 0 Å². The molecule has 1 aromatic heterocycles. The number of nitrogens with one attached hydrogen (secondary N) is 2. The maximum Gasteiger partial charge on any atom is 0.290 e. The Bertz CT molecular complexity index is 656. The third-order valence-corrected chi connectivity index (χ3v) is 2.70. The zero-order valence-corrected chi connectivity index (χ0v) is 11.5. The minimum absolute atomic E-state index is 0.102. The van der Waals surface area contributed by atoms with Gasteiger partial charge in [-0.25, -0.2) is 0 Å². The van der Waals surface area contributed by atoms with Gasteiger partial charge in [0, 0.05) is 30.8 Å². The van der Waals surface area contributed by atoms with Gasteiger partial charge in [0.1, 0.15) is 5.75 Å². The lowest BCUT2D eigenvalue weighted by atomic mass is 10.2. The first-order valence-electron chi connectivity index (χ1n) is 6.39. The van der Waals surface area contributed by atoms with Gasteiger partial charge in [-0.2, -0.15) is 4.57 Å². The summed E-state index contributed by atoms with van der Waals surface area (Å²) in [7, 11) is 0. The number of carbonyl (C=O) groups is 2. The summed E-state index contributed by atoms with van der Waals surface area (Å²) in [4.78, 5) is 22.8. The van der Waals surface area contributed by atoms with Crippen molar-refractivity contribution in [3.63, 3.8) is 0 Å². The number of anilines is 2. The molecule has 0 saturated carbocycles. The lowest BCUT2D eigenvalue weighted by Crippen LogP contribution is -2.39. The van der Waals surface area contributed by atoms with Gasteiger partial charge in [-0.05, 0) is 12.1 Å². The van der Waals surface area contributed by atoms with Crippen LogP contribution in [0.4, 0.5) is 11.4 Å². The summed E-state index contributed by atoms with van der Waals surface area (Å²) in [5, 5.41) is 14.9. The Morgan fingerprint density at radius 2 is 1.86 bits per heavy atom. The minimum Gasteiger partial charge on any atom is -0.506 e. The van der Waals surface area contributed by atoms with E-state index in [0.29, 0.717) is 11.4 Å². The molecule has 0 unspecified atom stereocenters. The molecule has 1 aromatic carbocycles. The number of rotatable bonds is 4. The third kappa shape index (κ3) is 4.31. The number of benzene rings is 1. The van der Waals surface area contributed by atoms with E-state index in [0.717, 1.165) is 0 Å². The zero-order chi connectivity index (χ0) is 15.2. The quantitative estimate of drug-likeness (QED) is 0.585. The first-order valence-corrected chi connectivity index (χ1v) is 6.39. The summed E-state index contributed by atoms with van der Waals surface area (Å²) in [6, 6.07) is 10.1. The molecule has 0 aliphatic rings. The highest BCUT2D eigenvalue weighted by Crippen LogP contribution is 2.26. The Morgan fingerprint density at radius 3 is 2.48 bits per heavy atom. The third-order valence-electron chi connectivity index (χ3n) is 2.70. The molecule has 0 atom stereocenters. The second-order valence-corrected chi connectivity index (χ2v) is 4.51. The molecule has 2 aromatic rings. The summed E-state index contributed by atoms with van der Waals surface area (Å²) in [6.07, 6.45) is 3.58. The molecular formula is C15H16N3O3+. The van der Waals surface area contributed by atoms with E-state index in [1.54, 1.807) is 23.0 Å². The molecule has 3 N–H and O–H groups in total. The summed E-state index contributed by atoms with van der Waals surface area (Å²) in [5.74, 6) is -0.587. The van der Waals surface area contributed by atoms with E-state index in [-0.39, 0.29) is 24.1 Å². The fourth-order valence-electron chi connectivity index (χ4n) is 1.81. The molecule has 0 fully saturated rings. The summed E-state index contributed by atoms with van der Waals surface area (Å²) >= 11 is 0. The molecule has 0 bridgehead atoms. The highest BCUT2D eigenvalue weighted by atomic mass is 16.3. The monoisotopic (exact) mass is 286 g/mol. The molecule has 0 aliphatic carbocycles. The van der Waals surface area contributed by atoms with Crippen LogP contribution >= 0.6 is 0 Å². The molecule has 0 aliphatic heterocycles. The van der Waals surface area contributed by atoms with Crippen molar-refractivity contribution in [2.24, 2.45) is 0 Å². The smallest absolute Gasteiger partial charge is 0.290 e. The highest BCUT2D eigenvalue weighted by Gasteiger charge is 2.10. The number of aromatic hydroxyl groups is 1. The van der Waals surface area contributed by atoms with Gasteiger partial charge in [-0.1, -0.05) is 6.07 Å². The van der Waals surface area contributed by atoms with Crippen molar-refractivity contribution in [3.05, 3.63) is 48.8 Å². The normalized spacial score (nSPS) is 9.95. The minimum atomic E-state index is -0.275. The molecule has 21 heavy (non-hydrogen) atoms. The molecule has 2 rings (SSSR count). The molecule has 0 saturated heterocycles. The first-order chi connectivity index (χ1) is 10.0. The number of pyridine rings is 1. The van der Waals surface area contributed by atoms with Crippen molar-refractivity contribution in [3.8, 4) is 5.75 Å². The number of phenols is 1. The SMILES string of the molecule is CC(=O)Nc1ccc(NC(=O)C[n+]2ccccc2)cc1O. The molecule has 1 heterocycles. The number of aromatic nitrogens is 1. The van der Waals surface area contributed by atoms with Crippen molar-refractivity contribution >= 4 is 23.2 Å². The van der Waals surface area contributed by atoms with E-state index in [9.17, 15) is 14.7 Å². The Morgan fingerprint density at radius 1 is 1.14 bits per heavy atom. The van der Waals surface area contributed by atoms with Gasteiger partial charge in [0.05, 0.1) is 5.69 Å². The van der Waals surface area contributed by atoms with Crippen molar-refractivity contribution in [1.82, 2.24) is 0 Å². The number of phenolic OH excluding ortho intramolecular Hbond substituents is 1. The molecule has 6 heteroatoms. The number of hydrogen-bond acceptors (Lipinski definition) is 3. The fraction of sp³-hybridized carbons (Fsp3) is 0.133. The highest BCUT2D eigenvalue weighted by molar-refractivity contribution is 5.93. The summed E-state index contributed by atoms with van der Waals surface area (Å²) in [5.41, 5.74) is 0.765. The maximum atomic E-state index is 11.9.